The fourth-order valence-electron chi connectivity index (χ4n) is 2.70. The van der Waals surface area contributed by atoms with Gasteiger partial charge in [0, 0.05) is 25.3 Å². The summed E-state index contributed by atoms with van der Waals surface area (Å²) in [6.07, 6.45) is -0.0618. The summed E-state index contributed by atoms with van der Waals surface area (Å²) in [4.78, 5) is 14.7. The van der Waals surface area contributed by atoms with Crippen molar-refractivity contribution in [2.75, 3.05) is 57.6 Å². The van der Waals surface area contributed by atoms with Gasteiger partial charge in [-0.1, -0.05) is 12.1 Å². The Labute approximate surface area is 130 Å². The van der Waals surface area contributed by atoms with E-state index >= 15 is 0 Å². The van der Waals surface area contributed by atoms with E-state index < -0.39 is 0 Å². The summed E-state index contributed by atoms with van der Waals surface area (Å²) in [6.45, 7) is 5.23. The number of nitrogens with zero attached hydrogens (tertiary/aromatic N) is 1. The average molecular weight is 306 g/mol. The van der Waals surface area contributed by atoms with Crippen molar-refractivity contribution in [2.45, 2.75) is 6.10 Å². The molecule has 0 saturated carbocycles. The molecule has 1 atom stereocenters. The zero-order valence-corrected chi connectivity index (χ0v) is 12.6. The number of para-hydroxylation sites is 1. The number of benzene rings is 1. The molecule has 2 fully saturated rings. The molecule has 0 aromatic heterocycles. The lowest BCUT2D eigenvalue weighted by Crippen LogP contribution is -2.41. The van der Waals surface area contributed by atoms with Gasteiger partial charge < -0.3 is 24.4 Å². The highest BCUT2D eigenvalue weighted by molar-refractivity contribution is 5.99. The Kier molecular flexibility index (Phi) is 5.26. The third-order valence-corrected chi connectivity index (χ3v) is 3.88. The zero-order chi connectivity index (χ0) is 15.2. The third-order valence-electron chi connectivity index (χ3n) is 3.88. The van der Waals surface area contributed by atoms with E-state index in [4.69, 9.17) is 14.2 Å². The van der Waals surface area contributed by atoms with Gasteiger partial charge in [-0.15, -0.1) is 0 Å². The Morgan fingerprint density at radius 1 is 1.14 bits per heavy atom. The largest absolute Gasteiger partial charge is 0.378 e. The van der Waals surface area contributed by atoms with Gasteiger partial charge in [0.2, 0.25) is 0 Å². The number of hydrogen-bond acceptors (Lipinski definition) is 5. The lowest BCUT2D eigenvalue weighted by Gasteiger charge is -2.30. The van der Waals surface area contributed by atoms with Crippen molar-refractivity contribution in [2.24, 2.45) is 0 Å². The Morgan fingerprint density at radius 3 is 2.73 bits per heavy atom. The minimum Gasteiger partial charge on any atom is -0.378 e. The highest BCUT2D eigenvalue weighted by atomic mass is 16.6. The van der Waals surface area contributed by atoms with Crippen LogP contribution in [0.25, 0.3) is 0 Å². The zero-order valence-electron chi connectivity index (χ0n) is 12.6. The third kappa shape index (κ3) is 3.76. The fraction of sp³-hybridized carbons (Fsp3) is 0.562. The molecule has 0 radical (unpaired) electrons. The van der Waals surface area contributed by atoms with Crippen molar-refractivity contribution >= 4 is 11.6 Å². The van der Waals surface area contributed by atoms with Crippen LogP contribution in [-0.2, 0) is 14.2 Å². The van der Waals surface area contributed by atoms with E-state index in [0.29, 0.717) is 45.1 Å². The maximum absolute atomic E-state index is 12.5. The average Bonchev–Trinajstić information content (AvgIpc) is 2.61. The Morgan fingerprint density at radius 2 is 1.95 bits per heavy atom. The first kappa shape index (κ1) is 15.3. The van der Waals surface area contributed by atoms with Crippen molar-refractivity contribution in [1.29, 1.82) is 0 Å². The highest BCUT2D eigenvalue weighted by Gasteiger charge is 2.20. The quantitative estimate of drug-likeness (QED) is 0.886. The minimum atomic E-state index is -0.0729. The van der Waals surface area contributed by atoms with E-state index in [2.05, 4.69) is 10.2 Å². The van der Waals surface area contributed by atoms with E-state index in [1.807, 2.05) is 24.3 Å². The first-order valence-electron chi connectivity index (χ1n) is 7.74. The van der Waals surface area contributed by atoms with Gasteiger partial charge in [-0.2, -0.15) is 0 Å². The summed E-state index contributed by atoms with van der Waals surface area (Å²) in [6, 6.07) is 7.69. The predicted molar refractivity (Wildman–Crippen MR) is 82.4 cm³/mol. The van der Waals surface area contributed by atoms with Gasteiger partial charge >= 0.3 is 0 Å². The lowest BCUT2D eigenvalue weighted by atomic mass is 10.1. The molecule has 120 valence electrons. The van der Waals surface area contributed by atoms with Crippen LogP contribution in [0.3, 0.4) is 0 Å². The van der Waals surface area contributed by atoms with Crippen molar-refractivity contribution in [1.82, 2.24) is 5.32 Å². The first-order valence-corrected chi connectivity index (χ1v) is 7.74. The smallest absolute Gasteiger partial charge is 0.253 e. The number of carbonyl (C=O) groups is 1. The number of amides is 1. The molecule has 3 rings (SSSR count). The Hall–Kier alpha value is -1.63. The van der Waals surface area contributed by atoms with Crippen LogP contribution in [0.5, 0.6) is 0 Å². The van der Waals surface area contributed by atoms with Crippen LogP contribution in [0.1, 0.15) is 10.4 Å². The van der Waals surface area contributed by atoms with Crippen molar-refractivity contribution in [3.63, 3.8) is 0 Å². The van der Waals surface area contributed by atoms with Gasteiger partial charge in [-0.05, 0) is 12.1 Å². The van der Waals surface area contributed by atoms with Gasteiger partial charge in [0.25, 0.3) is 5.91 Å². The molecule has 1 amide bonds. The Bertz CT molecular complexity index is 497. The van der Waals surface area contributed by atoms with Crippen LogP contribution in [0.4, 0.5) is 5.69 Å². The maximum Gasteiger partial charge on any atom is 0.253 e. The van der Waals surface area contributed by atoms with Gasteiger partial charge in [-0.3, -0.25) is 4.79 Å². The number of hydrogen-bond donors (Lipinski definition) is 1. The summed E-state index contributed by atoms with van der Waals surface area (Å²) >= 11 is 0. The van der Waals surface area contributed by atoms with Crippen LogP contribution < -0.4 is 10.2 Å². The molecule has 2 aliphatic rings. The standard InChI is InChI=1S/C16H22N2O4/c19-16(17-11-13-12-21-9-10-22-13)14-3-1-2-4-15(14)18-5-7-20-8-6-18/h1-4,13H,5-12H2,(H,17,19). The molecule has 1 N–H and O–H groups in total. The number of anilines is 1. The molecule has 1 unspecified atom stereocenters. The first-order chi connectivity index (χ1) is 10.8. The monoisotopic (exact) mass is 306 g/mol. The summed E-state index contributed by atoms with van der Waals surface area (Å²) in [5.41, 5.74) is 1.66. The number of nitrogens with one attached hydrogen (secondary N) is 1. The molecule has 0 spiro atoms. The van der Waals surface area contributed by atoms with E-state index in [0.717, 1.165) is 18.8 Å². The lowest BCUT2D eigenvalue weighted by molar-refractivity contribution is -0.0855. The molecule has 2 heterocycles. The van der Waals surface area contributed by atoms with E-state index in [1.54, 1.807) is 0 Å². The van der Waals surface area contributed by atoms with Crippen molar-refractivity contribution in [3.05, 3.63) is 29.8 Å². The van der Waals surface area contributed by atoms with Crippen LogP contribution in [0.15, 0.2) is 24.3 Å². The molecule has 6 nitrogen and oxygen atoms in total. The summed E-state index contributed by atoms with van der Waals surface area (Å²) in [5, 5.41) is 2.95. The predicted octanol–water partition coefficient (Wildman–Crippen LogP) is 0.668. The summed E-state index contributed by atoms with van der Waals surface area (Å²) in [5.74, 6) is -0.0729. The van der Waals surface area contributed by atoms with Gasteiger partial charge in [0.15, 0.2) is 0 Å². The van der Waals surface area contributed by atoms with Crippen molar-refractivity contribution in [3.8, 4) is 0 Å². The van der Waals surface area contributed by atoms with Crippen molar-refractivity contribution < 1.29 is 19.0 Å². The Balaban J connectivity index is 1.63. The van der Waals surface area contributed by atoms with Crippen LogP contribution in [0.2, 0.25) is 0 Å². The van der Waals surface area contributed by atoms with E-state index in [1.165, 1.54) is 0 Å². The van der Waals surface area contributed by atoms with Crippen LogP contribution >= 0.6 is 0 Å². The minimum absolute atomic E-state index is 0.0618. The molecule has 2 aliphatic heterocycles. The SMILES string of the molecule is O=C(NCC1COCCO1)c1ccccc1N1CCOCC1. The topological polar surface area (TPSA) is 60.0 Å². The maximum atomic E-state index is 12.5. The number of morpholine rings is 1. The molecule has 1 aromatic carbocycles. The molecule has 22 heavy (non-hydrogen) atoms. The summed E-state index contributed by atoms with van der Waals surface area (Å²) in [7, 11) is 0. The van der Waals surface area contributed by atoms with E-state index in [-0.39, 0.29) is 12.0 Å². The number of rotatable bonds is 4. The molecule has 1 aromatic rings. The molecule has 6 heteroatoms. The fourth-order valence-corrected chi connectivity index (χ4v) is 2.70. The number of ether oxygens (including phenoxy) is 3. The van der Waals surface area contributed by atoms with Gasteiger partial charge in [0.05, 0.1) is 44.7 Å². The summed E-state index contributed by atoms with van der Waals surface area (Å²) < 4.78 is 16.3. The second-order valence-electron chi connectivity index (χ2n) is 5.39. The normalized spacial score (nSPS) is 22.4. The molecule has 0 aliphatic carbocycles. The molecular weight excluding hydrogens is 284 g/mol. The molecular formula is C16H22N2O4. The van der Waals surface area contributed by atoms with E-state index in [9.17, 15) is 4.79 Å². The van der Waals surface area contributed by atoms with Crippen LogP contribution in [0, 0.1) is 0 Å². The highest BCUT2D eigenvalue weighted by Crippen LogP contribution is 2.21. The van der Waals surface area contributed by atoms with Crippen LogP contribution in [-0.4, -0.2) is 64.7 Å². The number of carbonyl (C=O) groups excluding carboxylic acids is 1. The molecule has 2 saturated heterocycles. The molecule has 0 bridgehead atoms. The van der Waals surface area contributed by atoms with Gasteiger partial charge in [0.1, 0.15) is 0 Å². The van der Waals surface area contributed by atoms with Gasteiger partial charge in [-0.25, -0.2) is 0 Å². The second kappa shape index (κ2) is 7.58. The second-order valence-corrected chi connectivity index (χ2v) is 5.39.